The van der Waals surface area contributed by atoms with Crippen LogP contribution in [-0.4, -0.2) is 45.3 Å². The minimum Gasteiger partial charge on any atom is -0.392 e. The molecule has 0 aliphatic rings. The van der Waals surface area contributed by atoms with Gasteiger partial charge in [-0.25, -0.2) is 8.42 Å². The van der Waals surface area contributed by atoms with Gasteiger partial charge in [0.1, 0.15) is 0 Å². The van der Waals surface area contributed by atoms with E-state index in [0.29, 0.717) is 27.4 Å². The number of nitrogens with zero attached hydrogens (tertiary/aromatic N) is 2. The van der Waals surface area contributed by atoms with Crippen LogP contribution < -0.4 is 0 Å². The van der Waals surface area contributed by atoms with Crippen LogP contribution in [0.3, 0.4) is 0 Å². The zero-order valence-corrected chi connectivity index (χ0v) is 29.3. The Labute approximate surface area is 271 Å². The zero-order chi connectivity index (χ0) is 33.5. The molecule has 0 bridgehead atoms. The number of sulfone groups is 1. The summed E-state index contributed by atoms with van der Waals surface area (Å²) in [5.74, 6) is 0. The average molecular weight is 651 g/mol. The number of aliphatic hydroxyl groups excluding tert-OH is 2. The first-order valence-electron chi connectivity index (χ1n) is 15.3. The summed E-state index contributed by atoms with van der Waals surface area (Å²) in [6, 6.07) is 15.9. The van der Waals surface area contributed by atoms with Gasteiger partial charge in [0, 0.05) is 51.0 Å². The van der Waals surface area contributed by atoms with Crippen molar-refractivity contribution < 1.29 is 22.8 Å². The van der Waals surface area contributed by atoms with Crippen molar-refractivity contribution >= 4 is 20.6 Å². The molecule has 0 saturated carbocycles. The van der Waals surface area contributed by atoms with Crippen molar-refractivity contribution in [3.63, 3.8) is 0 Å². The molecule has 1 unspecified atom stereocenters. The number of hydrogen-bond donors (Lipinski definition) is 2. The van der Waals surface area contributed by atoms with Gasteiger partial charge in [0.05, 0.1) is 40.3 Å². The van der Waals surface area contributed by atoms with Crippen LogP contribution in [0.1, 0.15) is 72.5 Å². The lowest BCUT2D eigenvalue weighted by Crippen LogP contribution is -2.08. The van der Waals surface area contributed by atoms with Gasteiger partial charge in [0.25, 0.3) is 0 Å². The van der Waals surface area contributed by atoms with Crippen LogP contribution in [0.4, 0.5) is 0 Å². The van der Waals surface area contributed by atoms with Crippen LogP contribution in [0, 0.1) is 13.8 Å². The fourth-order valence-electron chi connectivity index (χ4n) is 5.71. The molecular weight excluding hydrogens is 605 g/mol. The Morgan fingerprint density at radius 2 is 1.07 bits per heavy atom. The molecule has 0 radical (unpaired) electrons. The van der Waals surface area contributed by atoms with Crippen molar-refractivity contribution in [2.45, 2.75) is 90.2 Å². The van der Waals surface area contributed by atoms with Crippen molar-refractivity contribution in [1.29, 1.82) is 0 Å². The van der Waals surface area contributed by atoms with Gasteiger partial charge in [0.15, 0.2) is 9.84 Å². The second kappa shape index (κ2) is 15.9. The highest BCUT2D eigenvalue weighted by Crippen LogP contribution is 2.32. The molecule has 0 aliphatic carbocycles. The minimum absolute atomic E-state index is 0.135. The predicted octanol–water partition coefficient (Wildman–Crippen LogP) is 6.49. The number of hydrogen-bond acceptors (Lipinski definition) is 7. The van der Waals surface area contributed by atoms with E-state index in [1.807, 2.05) is 31.2 Å². The molecule has 0 fully saturated rings. The maximum absolute atomic E-state index is 12.1. The first kappa shape index (κ1) is 36.2. The third-order valence-corrected chi connectivity index (χ3v) is 10.3. The summed E-state index contributed by atoms with van der Waals surface area (Å²) >= 11 is 0. The Morgan fingerprint density at radius 1 is 0.689 bits per heavy atom. The first-order chi connectivity index (χ1) is 21.4. The van der Waals surface area contributed by atoms with Crippen LogP contribution in [0.15, 0.2) is 58.3 Å². The quantitative estimate of drug-likeness (QED) is 0.202. The number of aliphatic hydroxyl groups is 2. The molecule has 9 heteroatoms. The Hall–Kier alpha value is -3.24. The van der Waals surface area contributed by atoms with E-state index in [2.05, 4.69) is 55.9 Å². The molecular formula is C36H46N2O5S2. The summed E-state index contributed by atoms with van der Waals surface area (Å²) in [5, 5.41) is 19.1. The van der Waals surface area contributed by atoms with E-state index in [1.54, 1.807) is 19.2 Å². The van der Waals surface area contributed by atoms with Crippen molar-refractivity contribution in [2.75, 3.05) is 12.5 Å². The largest absolute Gasteiger partial charge is 0.392 e. The molecule has 4 aromatic rings. The van der Waals surface area contributed by atoms with Crippen molar-refractivity contribution in [1.82, 2.24) is 9.97 Å². The van der Waals surface area contributed by atoms with E-state index in [0.717, 1.165) is 65.6 Å². The van der Waals surface area contributed by atoms with Crippen molar-refractivity contribution in [2.24, 2.45) is 0 Å². The number of benzene rings is 2. The lowest BCUT2D eigenvalue weighted by molar-refractivity contribution is 0.277. The standard InChI is InChI=1S/C18H23NO3S.C18H23NO2S/c1-5-13-8-7-9-14(6-2)18(13)16-10-17(23(4,21)22)15(11-20)12(3)19-16;1-5-13-8-7-9-14(6-2)18(13)16-10-17(22(4)21)15(11-20)12(3)19-16/h7-10,20H,5-6,11H2,1-4H3;7-10,20H,5-6,11H2,1-4H3. The molecule has 4 rings (SSSR count). The Kier molecular flexibility index (Phi) is 12.8. The van der Waals surface area contributed by atoms with Crippen LogP contribution in [0.2, 0.25) is 0 Å². The molecule has 0 saturated heterocycles. The fraction of sp³-hybridized carbons (Fsp3) is 0.389. The van der Waals surface area contributed by atoms with Gasteiger partial charge in [-0.15, -0.1) is 0 Å². The van der Waals surface area contributed by atoms with E-state index in [9.17, 15) is 22.8 Å². The van der Waals surface area contributed by atoms with Gasteiger partial charge in [-0.3, -0.25) is 14.2 Å². The third-order valence-electron chi connectivity index (χ3n) is 8.12. The second-order valence-corrected chi connectivity index (χ2v) is 14.3. The van der Waals surface area contributed by atoms with Gasteiger partial charge in [-0.1, -0.05) is 64.1 Å². The van der Waals surface area contributed by atoms with E-state index >= 15 is 0 Å². The molecule has 2 aromatic carbocycles. The number of aromatic nitrogens is 2. The average Bonchev–Trinajstić information content (AvgIpc) is 3.02. The molecule has 0 spiro atoms. The molecule has 2 aromatic heterocycles. The van der Waals surface area contributed by atoms with Crippen molar-refractivity contribution in [3.8, 4) is 22.5 Å². The number of aryl methyl sites for hydroxylation is 6. The number of pyridine rings is 2. The van der Waals surface area contributed by atoms with Crippen LogP contribution in [0.25, 0.3) is 22.5 Å². The SMILES string of the molecule is CCc1cccc(CC)c1-c1cc(S(C)(=O)=O)c(CO)c(C)n1.CCc1cccc(CC)c1-c1cc(S(C)=O)c(CO)c(C)n1. The van der Waals surface area contributed by atoms with E-state index in [1.165, 1.54) is 11.1 Å². The molecule has 0 aliphatic heterocycles. The van der Waals surface area contributed by atoms with Crippen molar-refractivity contribution in [3.05, 3.63) is 93.3 Å². The maximum atomic E-state index is 12.1. The van der Waals surface area contributed by atoms with E-state index in [-0.39, 0.29) is 18.1 Å². The zero-order valence-electron chi connectivity index (χ0n) is 27.7. The van der Waals surface area contributed by atoms with Gasteiger partial charge in [0.2, 0.25) is 0 Å². The Bertz CT molecular complexity index is 1760. The predicted molar refractivity (Wildman–Crippen MR) is 184 cm³/mol. The summed E-state index contributed by atoms with van der Waals surface area (Å²) in [7, 11) is -4.59. The van der Waals surface area contributed by atoms with E-state index < -0.39 is 20.6 Å². The summed E-state index contributed by atoms with van der Waals surface area (Å²) in [6.45, 7) is 11.5. The smallest absolute Gasteiger partial charge is 0.176 e. The molecule has 7 nitrogen and oxygen atoms in total. The molecule has 45 heavy (non-hydrogen) atoms. The maximum Gasteiger partial charge on any atom is 0.176 e. The van der Waals surface area contributed by atoms with Gasteiger partial charge < -0.3 is 10.2 Å². The molecule has 2 N–H and O–H groups in total. The molecule has 0 amide bonds. The minimum atomic E-state index is -3.44. The van der Waals surface area contributed by atoms with E-state index in [4.69, 9.17) is 0 Å². The highest BCUT2D eigenvalue weighted by Gasteiger charge is 2.20. The van der Waals surface area contributed by atoms with Gasteiger partial charge >= 0.3 is 0 Å². The van der Waals surface area contributed by atoms with Gasteiger partial charge in [-0.2, -0.15) is 0 Å². The highest BCUT2D eigenvalue weighted by atomic mass is 32.2. The monoisotopic (exact) mass is 650 g/mol. The molecule has 242 valence electrons. The molecule has 1 atom stereocenters. The number of rotatable bonds is 10. The van der Waals surface area contributed by atoms with Crippen LogP contribution in [-0.2, 0) is 59.5 Å². The van der Waals surface area contributed by atoms with Crippen LogP contribution in [0.5, 0.6) is 0 Å². The molecule has 2 heterocycles. The fourth-order valence-corrected chi connectivity index (χ4v) is 7.53. The first-order valence-corrected chi connectivity index (χ1v) is 18.8. The summed E-state index contributed by atoms with van der Waals surface area (Å²) in [6.07, 6.45) is 6.35. The van der Waals surface area contributed by atoms with Gasteiger partial charge in [-0.05, 0) is 73.9 Å². The summed E-state index contributed by atoms with van der Waals surface area (Å²) in [5.41, 5.74) is 10.8. The topological polar surface area (TPSA) is 117 Å². The van der Waals surface area contributed by atoms with Crippen LogP contribution >= 0.6 is 0 Å². The lowest BCUT2D eigenvalue weighted by atomic mass is 9.94. The summed E-state index contributed by atoms with van der Waals surface area (Å²) in [4.78, 5) is 10.1. The lowest BCUT2D eigenvalue weighted by Gasteiger charge is -2.16. The normalized spacial score (nSPS) is 12.0. The second-order valence-electron chi connectivity index (χ2n) is 11.0. The Morgan fingerprint density at radius 3 is 1.40 bits per heavy atom. The third kappa shape index (κ3) is 8.14. The highest BCUT2D eigenvalue weighted by molar-refractivity contribution is 7.90. The summed E-state index contributed by atoms with van der Waals surface area (Å²) < 4.78 is 36.3. The Balaban J connectivity index is 0.000000246.